The van der Waals surface area contributed by atoms with Crippen LogP contribution in [0.15, 0.2) is 17.6 Å². The van der Waals surface area contributed by atoms with Crippen molar-refractivity contribution in [3.05, 3.63) is 12.7 Å². The lowest BCUT2D eigenvalue weighted by Crippen LogP contribution is -2.48. The van der Waals surface area contributed by atoms with E-state index in [1.54, 1.807) is 20.2 Å². The number of rotatable bonds is 6. The molecule has 8 heteroatoms. The molecule has 1 aliphatic rings. The smallest absolute Gasteiger partial charge is 0.310 e. The number of likely N-dealkylation sites (N-methyl/N-ethyl adjacent to an activating group) is 1. The van der Waals surface area contributed by atoms with Gasteiger partial charge in [-0.3, -0.25) is 9.59 Å². The van der Waals surface area contributed by atoms with Crippen LogP contribution in [-0.4, -0.2) is 74.5 Å². The van der Waals surface area contributed by atoms with Gasteiger partial charge in [-0.05, 0) is 19.8 Å². The molecule has 1 rings (SSSR count). The molecule has 0 spiro atoms. The first-order chi connectivity index (χ1) is 11.0. The summed E-state index contributed by atoms with van der Waals surface area (Å²) in [4.78, 5) is 31.6. The summed E-state index contributed by atoms with van der Waals surface area (Å²) < 4.78 is 5.12. The topological polar surface area (TPSA) is 74.2 Å². The zero-order valence-corrected chi connectivity index (χ0v) is 17.1. The number of nitrogens with one attached hydrogen (secondary N) is 1. The van der Waals surface area contributed by atoms with Gasteiger partial charge in [0.05, 0.1) is 12.5 Å². The quantitative estimate of drug-likeness (QED) is 0.215. The second-order valence-corrected chi connectivity index (χ2v) is 5.63. The zero-order valence-electron chi connectivity index (χ0n) is 14.8. The average molecular weight is 452 g/mol. The van der Waals surface area contributed by atoms with Crippen LogP contribution >= 0.6 is 24.0 Å². The van der Waals surface area contributed by atoms with Gasteiger partial charge >= 0.3 is 5.97 Å². The Kier molecular flexibility index (Phi) is 11.4. The predicted molar refractivity (Wildman–Crippen MR) is 106 cm³/mol. The van der Waals surface area contributed by atoms with Crippen molar-refractivity contribution in [2.45, 2.75) is 19.8 Å². The lowest BCUT2D eigenvalue weighted by atomic mass is 9.98. The highest BCUT2D eigenvalue weighted by atomic mass is 127. The largest absolute Gasteiger partial charge is 0.466 e. The molecule has 7 nitrogen and oxygen atoms in total. The number of halogens is 1. The third-order valence-corrected chi connectivity index (χ3v) is 3.61. The van der Waals surface area contributed by atoms with Crippen LogP contribution in [0.4, 0.5) is 0 Å². The molecule has 1 unspecified atom stereocenters. The number of likely N-dealkylation sites (tertiary alicyclic amines) is 1. The number of hydrogen-bond acceptors (Lipinski definition) is 4. The minimum atomic E-state index is -0.162. The molecule has 1 heterocycles. The first kappa shape index (κ1) is 22.7. The summed E-state index contributed by atoms with van der Waals surface area (Å²) in [5.74, 6) is 0.254. The van der Waals surface area contributed by atoms with Crippen LogP contribution in [0.3, 0.4) is 0 Å². The van der Waals surface area contributed by atoms with Gasteiger partial charge in [-0.2, -0.15) is 0 Å². The van der Waals surface area contributed by atoms with Gasteiger partial charge in [0.15, 0.2) is 5.96 Å². The summed E-state index contributed by atoms with van der Waals surface area (Å²) in [6.45, 7) is 7.87. The van der Waals surface area contributed by atoms with Crippen LogP contribution in [-0.2, 0) is 14.3 Å². The lowest BCUT2D eigenvalue weighted by Gasteiger charge is -2.34. The van der Waals surface area contributed by atoms with E-state index in [-0.39, 0.29) is 48.3 Å². The Labute approximate surface area is 161 Å². The second kappa shape index (κ2) is 12.1. The molecule has 0 aromatic rings. The Hall–Kier alpha value is -1.32. The standard InChI is InChI=1S/C16H28N4O3.HI/c1-5-9-17-16(18-11-14(21)19(3)4)20-10-7-8-13(12-20)15(22)23-6-2;/h5,13H,1,6-12H2,2-4H3,(H,17,18);1H. The third-order valence-electron chi connectivity index (χ3n) is 3.61. The molecule has 1 atom stereocenters. The molecule has 24 heavy (non-hydrogen) atoms. The maximum absolute atomic E-state index is 11.9. The number of carbonyl (C=O) groups is 2. The molecule has 138 valence electrons. The summed E-state index contributed by atoms with van der Waals surface area (Å²) in [5.41, 5.74) is 0. The first-order valence-electron chi connectivity index (χ1n) is 8.00. The van der Waals surface area contributed by atoms with Gasteiger partial charge in [0.25, 0.3) is 0 Å². The monoisotopic (exact) mass is 452 g/mol. The van der Waals surface area contributed by atoms with Gasteiger partial charge in [-0.1, -0.05) is 6.08 Å². The first-order valence-corrected chi connectivity index (χ1v) is 8.00. The van der Waals surface area contributed by atoms with Crippen molar-refractivity contribution in [1.29, 1.82) is 0 Å². The van der Waals surface area contributed by atoms with Crippen molar-refractivity contribution < 1.29 is 14.3 Å². The van der Waals surface area contributed by atoms with Crippen molar-refractivity contribution in [2.24, 2.45) is 10.9 Å². The zero-order chi connectivity index (χ0) is 17.2. The maximum atomic E-state index is 11.9. The van der Waals surface area contributed by atoms with E-state index < -0.39 is 0 Å². The molecule has 1 aliphatic heterocycles. The second-order valence-electron chi connectivity index (χ2n) is 5.63. The van der Waals surface area contributed by atoms with Gasteiger partial charge in [-0.15, -0.1) is 30.6 Å². The van der Waals surface area contributed by atoms with Crippen molar-refractivity contribution in [3.8, 4) is 0 Å². The van der Waals surface area contributed by atoms with E-state index in [9.17, 15) is 9.59 Å². The fourth-order valence-electron chi connectivity index (χ4n) is 2.34. The Morgan fingerprint density at radius 1 is 1.46 bits per heavy atom. The van der Waals surface area contributed by atoms with Gasteiger partial charge in [-0.25, -0.2) is 4.99 Å². The van der Waals surface area contributed by atoms with E-state index >= 15 is 0 Å². The third kappa shape index (κ3) is 7.50. The van der Waals surface area contributed by atoms with Crippen LogP contribution in [0.2, 0.25) is 0 Å². The maximum Gasteiger partial charge on any atom is 0.310 e. The fraction of sp³-hybridized carbons (Fsp3) is 0.688. The number of hydrogen-bond donors (Lipinski definition) is 1. The van der Waals surface area contributed by atoms with Crippen LogP contribution in [0.1, 0.15) is 19.8 Å². The number of guanidine groups is 1. The number of piperidine rings is 1. The van der Waals surface area contributed by atoms with E-state index in [0.29, 0.717) is 25.7 Å². The fourth-order valence-corrected chi connectivity index (χ4v) is 2.34. The van der Waals surface area contributed by atoms with E-state index in [2.05, 4.69) is 16.9 Å². The molecule has 0 radical (unpaired) electrons. The minimum absolute atomic E-state index is 0. The number of ether oxygens (including phenoxy) is 1. The number of aliphatic imine (C=N–C) groups is 1. The minimum Gasteiger partial charge on any atom is -0.466 e. The highest BCUT2D eigenvalue weighted by molar-refractivity contribution is 14.0. The van der Waals surface area contributed by atoms with E-state index in [4.69, 9.17) is 4.74 Å². The van der Waals surface area contributed by atoms with E-state index in [0.717, 1.165) is 19.4 Å². The summed E-state index contributed by atoms with van der Waals surface area (Å²) in [6, 6.07) is 0. The van der Waals surface area contributed by atoms with Gasteiger partial charge < -0.3 is 19.9 Å². The van der Waals surface area contributed by atoms with Crippen molar-refractivity contribution in [1.82, 2.24) is 15.1 Å². The van der Waals surface area contributed by atoms with E-state index in [1.165, 1.54) is 4.90 Å². The lowest BCUT2D eigenvalue weighted by molar-refractivity contribution is -0.149. The Balaban J connectivity index is 0.00000529. The van der Waals surface area contributed by atoms with Crippen molar-refractivity contribution in [2.75, 3.05) is 46.9 Å². The highest BCUT2D eigenvalue weighted by Gasteiger charge is 2.28. The number of carbonyl (C=O) groups excluding carboxylic acids is 2. The molecular weight excluding hydrogens is 423 g/mol. The Bertz CT molecular complexity index is 455. The number of nitrogens with zero attached hydrogens (tertiary/aromatic N) is 3. The van der Waals surface area contributed by atoms with Crippen LogP contribution < -0.4 is 5.32 Å². The van der Waals surface area contributed by atoms with Crippen molar-refractivity contribution >= 4 is 41.8 Å². The van der Waals surface area contributed by atoms with Crippen LogP contribution in [0, 0.1) is 5.92 Å². The predicted octanol–water partition coefficient (Wildman–Crippen LogP) is 1.10. The normalized spacial score (nSPS) is 17.5. The molecule has 0 saturated carbocycles. The van der Waals surface area contributed by atoms with Crippen LogP contribution in [0.25, 0.3) is 0 Å². The summed E-state index contributed by atoms with van der Waals surface area (Å²) in [5, 5.41) is 3.16. The number of amides is 1. The molecule has 0 aromatic heterocycles. The van der Waals surface area contributed by atoms with Gasteiger partial charge in [0.2, 0.25) is 5.91 Å². The molecule has 1 N–H and O–H groups in total. The molecule has 1 fully saturated rings. The average Bonchev–Trinajstić information content (AvgIpc) is 2.55. The van der Waals surface area contributed by atoms with Crippen molar-refractivity contribution in [3.63, 3.8) is 0 Å². The Morgan fingerprint density at radius 2 is 2.17 bits per heavy atom. The molecular formula is C16H29IN4O3. The summed E-state index contributed by atoms with van der Waals surface area (Å²) in [6.07, 6.45) is 3.44. The van der Waals surface area contributed by atoms with Gasteiger partial charge in [0, 0.05) is 33.7 Å². The van der Waals surface area contributed by atoms with Crippen LogP contribution in [0.5, 0.6) is 0 Å². The van der Waals surface area contributed by atoms with Gasteiger partial charge in [0.1, 0.15) is 6.54 Å². The number of esters is 1. The molecule has 0 bridgehead atoms. The molecule has 0 aliphatic carbocycles. The summed E-state index contributed by atoms with van der Waals surface area (Å²) in [7, 11) is 3.40. The Morgan fingerprint density at radius 3 is 2.75 bits per heavy atom. The highest BCUT2D eigenvalue weighted by Crippen LogP contribution is 2.18. The SMILES string of the molecule is C=CCNC(=NCC(=O)N(C)C)N1CCCC(C(=O)OCC)C1.I. The summed E-state index contributed by atoms with van der Waals surface area (Å²) >= 11 is 0. The van der Waals surface area contributed by atoms with E-state index in [1.807, 2.05) is 11.8 Å². The molecule has 1 saturated heterocycles. The molecule has 1 amide bonds. The molecule has 0 aromatic carbocycles.